The van der Waals surface area contributed by atoms with Crippen molar-refractivity contribution in [3.05, 3.63) is 12.7 Å². The van der Waals surface area contributed by atoms with E-state index in [9.17, 15) is 14.7 Å². The molecule has 0 aromatic carbocycles. The van der Waals surface area contributed by atoms with Crippen LogP contribution in [0.1, 0.15) is 84.0 Å². The largest absolute Gasteiger partial charge is 0.481 e. The van der Waals surface area contributed by atoms with Crippen LogP contribution in [0.5, 0.6) is 0 Å². The molecule has 1 amide bonds. The molecule has 0 aliphatic carbocycles. The summed E-state index contributed by atoms with van der Waals surface area (Å²) >= 11 is 0. The number of carboxylic acid groups (broad SMARTS) is 1. The fourth-order valence-electron chi connectivity index (χ4n) is 3.00. The molecule has 4 heteroatoms. The van der Waals surface area contributed by atoms with Crippen molar-refractivity contribution in [2.45, 2.75) is 84.0 Å². The molecule has 0 saturated heterocycles. The third-order valence-electron chi connectivity index (χ3n) is 4.46. The molecule has 0 bridgehead atoms. The van der Waals surface area contributed by atoms with Gasteiger partial charge in [-0.2, -0.15) is 0 Å². The molecule has 0 heterocycles. The molecule has 0 aliphatic heterocycles. The lowest BCUT2D eigenvalue weighted by Crippen LogP contribution is -2.34. The van der Waals surface area contributed by atoms with Gasteiger partial charge in [0.1, 0.15) is 0 Å². The van der Waals surface area contributed by atoms with Gasteiger partial charge in [-0.3, -0.25) is 9.59 Å². The van der Waals surface area contributed by atoms with Crippen LogP contribution in [-0.2, 0) is 9.59 Å². The summed E-state index contributed by atoms with van der Waals surface area (Å²) in [6, 6.07) is 0. The predicted molar refractivity (Wildman–Crippen MR) is 95.1 cm³/mol. The maximum Gasteiger partial charge on any atom is 0.307 e. The molecular weight excluding hydrogens is 290 g/mol. The SMILES string of the molecule is C=CCCCCCCCCCC(C(N)=O)C(CCCC)C(=O)O. The Morgan fingerprint density at radius 3 is 1.96 bits per heavy atom. The van der Waals surface area contributed by atoms with Gasteiger partial charge in [0.15, 0.2) is 0 Å². The number of rotatable bonds is 16. The minimum Gasteiger partial charge on any atom is -0.481 e. The van der Waals surface area contributed by atoms with Gasteiger partial charge in [-0.25, -0.2) is 0 Å². The first kappa shape index (κ1) is 21.7. The van der Waals surface area contributed by atoms with E-state index in [2.05, 4.69) is 6.58 Å². The number of unbranched alkanes of at least 4 members (excludes halogenated alkanes) is 8. The van der Waals surface area contributed by atoms with Crippen LogP contribution in [0, 0.1) is 11.8 Å². The molecule has 0 rings (SSSR count). The molecule has 0 aromatic heterocycles. The lowest BCUT2D eigenvalue weighted by Gasteiger charge is -2.21. The third-order valence-corrected chi connectivity index (χ3v) is 4.46. The number of nitrogens with two attached hydrogens (primary N) is 1. The van der Waals surface area contributed by atoms with Gasteiger partial charge < -0.3 is 10.8 Å². The number of allylic oxidation sites excluding steroid dienone is 1. The molecule has 23 heavy (non-hydrogen) atoms. The summed E-state index contributed by atoms with van der Waals surface area (Å²) in [6.45, 7) is 5.74. The van der Waals surface area contributed by atoms with E-state index >= 15 is 0 Å². The maximum atomic E-state index is 11.6. The Labute approximate surface area is 141 Å². The lowest BCUT2D eigenvalue weighted by atomic mass is 9.83. The van der Waals surface area contributed by atoms with Crippen LogP contribution < -0.4 is 5.73 Å². The summed E-state index contributed by atoms with van der Waals surface area (Å²) in [4.78, 5) is 23.0. The van der Waals surface area contributed by atoms with E-state index in [1.165, 1.54) is 25.7 Å². The first-order chi connectivity index (χ1) is 11.0. The zero-order chi connectivity index (χ0) is 17.5. The number of hydrogen-bond donors (Lipinski definition) is 2. The van der Waals surface area contributed by atoms with E-state index in [4.69, 9.17) is 5.73 Å². The molecule has 0 saturated carbocycles. The topological polar surface area (TPSA) is 80.4 Å². The van der Waals surface area contributed by atoms with Crippen LogP contribution in [0.15, 0.2) is 12.7 Å². The highest BCUT2D eigenvalue weighted by atomic mass is 16.4. The second-order valence-electron chi connectivity index (χ2n) is 6.44. The fraction of sp³-hybridized carbons (Fsp3) is 0.789. The Morgan fingerprint density at radius 1 is 0.957 bits per heavy atom. The zero-order valence-corrected chi connectivity index (χ0v) is 14.8. The number of carbonyl (C=O) groups excluding carboxylic acids is 1. The lowest BCUT2D eigenvalue weighted by molar-refractivity contribution is -0.147. The number of amides is 1. The van der Waals surface area contributed by atoms with Gasteiger partial charge in [0.05, 0.1) is 11.8 Å². The van der Waals surface area contributed by atoms with E-state index in [1.54, 1.807) is 0 Å². The van der Waals surface area contributed by atoms with Crippen LogP contribution in [0.2, 0.25) is 0 Å². The molecule has 134 valence electrons. The van der Waals surface area contributed by atoms with Gasteiger partial charge in [-0.15, -0.1) is 6.58 Å². The van der Waals surface area contributed by atoms with Crippen molar-refractivity contribution in [3.63, 3.8) is 0 Å². The van der Waals surface area contributed by atoms with Crippen molar-refractivity contribution in [1.82, 2.24) is 0 Å². The van der Waals surface area contributed by atoms with Crippen LogP contribution in [0.3, 0.4) is 0 Å². The van der Waals surface area contributed by atoms with Crippen molar-refractivity contribution in [2.75, 3.05) is 0 Å². The van der Waals surface area contributed by atoms with Crippen molar-refractivity contribution >= 4 is 11.9 Å². The van der Waals surface area contributed by atoms with Gasteiger partial charge in [-0.05, 0) is 25.7 Å². The summed E-state index contributed by atoms with van der Waals surface area (Å²) in [7, 11) is 0. The Balaban J connectivity index is 4.01. The highest BCUT2D eigenvalue weighted by Gasteiger charge is 2.31. The summed E-state index contributed by atoms with van der Waals surface area (Å²) in [5.74, 6) is -2.49. The standard InChI is InChI=1S/C19H35NO3/c1-3-5-7-8-9-10-11-12-13-15-16(18(20)21)17(19(22)23)14-6-4-2/h3,16-17H,1,4-15H2,2H3,(H2,20,21)(H,22,23). The minimum absolute atomic E-state index is 0.460. The number of hydrogen-bond acceptors (Lipinski definition) is 2. The number of carbonyl (C=O) groups is 2. The van der Waals surface area contributed by atoms with Gasteiger partial charge >= 0.3 is 5.97 Å². The molecule has 2 atom stereocenters. The van der Waals surface area contributed by atoms with Crippen molar-refractivity contribution in [2.24, 2.45) is 17.6 Å². The predicted octanol–water partition coefficient (Wildman–Crippen LogP) is 4.68. The smallest absolute Gasteiger partial charge is 0.307 e. The van der Waals surface area contributed by atoms with Crippen molar-refractivity contribution < 1.29 is 14.7 Å². The molecule has 2 unspecified atom stereocenters. The second-order valence-corrected chi connectivity index (χ2v) is 6.44. The Hall–Kier alpha value is -1.32. The monoisotopic (exact) mass is 325 g/mol. The molecule has 0 spiro atoms. The van der Waals surface area contributed by atoms with Crippen LogP contribution in [0.25, 0.3) is 0 Å². The van der Waals surface area contributed by atoms with E-state index in [1.807, 2.05) is 13.0 Å². The highest BCUT2D eigenvalue weighted by molar-refractivity contribution is 5.83. The van der Waals surface area contributed by atoms with Crippen LogP contribution >= 0.6 is 0 Å². The van der Waals surface area contributed by atoms with Crippen molar-refractivity contribution in [1.29, 1.82) is 0 Å². The van der Waals surface area contributed by atoms with Gasteiger partial charge in [-0.1, -0.05) is 64.4 Å². The number of aliphatic carboxylic acids is 1. The summed E-state index contributed by atoms with van der Waals surface area (Å²) in [5.41, 5.74) is 5.45. The van der Waals surface area contributed by atoms with E-state index < -0.39 is 23.7 Å². The highest BCUT2D eigenvalue weighted by Crippen LogP contribution is 2.25. The molecular formula is C19H35NO3. The van der Waals surface area contributed by atoms with Crippen molar-refractivity contribution in [3.8, 4) is 0 Å². The number of carboxylic acids is 1. The van der Waals surface area contributed by atoms with Crippen LogP contribution in [-0.4, -0.2) is 17.0 Å². The Bertz CT molecular complexity index is 342. The number of primary amides is 1. The summed E-state index contributed by atoms with van der Waals surface area (Å²) < 4.78 is 0. The molecule has 0 radical (unpaired) electrons. The molecule has 3 N–H and O–H groups in total. The molecule has 0 aromatic rings. The van der Waals surface area contributed by atoms with E-state index in [0.717, 1.165) is 38.5 Å². The summed E-state index contributed by atoms with van der Waals surface area (Å²) in [6.07, 6.45) is 13.9. The maximum absolute atomic E-state index is 11.6. The molecule has 0 fully saturated rings. The Kier molecular flexibility index (Phi) is 13.5. The second kappa shape index (κ2) is 14.3. The summed E-state index contributed by atoms with van der Waals surface area (Å²) in [5, 5.41) is 9.35. The van der Waals surface area contributed by atoms with Crippen LogP contribution in [0.4, 0.5) is 0 Å². The van der Waals surface area contributed by atoms with E-state index in [0.29, 0.717) is 12.8 Å². The molecule has 4 nitrogen and oxygen atoms in total. The van der Waals surface area contributed by atoms with Gasteiger partial charge in [0.2, 0.25) is 5.91 Å². The minimum atomic E-state index is -0.885. The zero-order valence-electron chi connectivity index (χ0n) is 14.8. The average molecular weight is 325 g/mol. The first-order valence-electron chi connectivity index (χ1n) is 9.17. The average Bonchev–Trinajstić information content (AvgIpc) is 2.50. The molecule has 0 aliphatic rings. The normalized spacial score (nSPS) is 13.4. The quantitative estimate of drug-likeness (QED) is 0.319. The Morgan fingerprint density at radius 2 is 1.48 bits per heavy atom. The third kappa shape index (κ3) is 10.9. The fourth-order valence-corrected chi connectivity index (χ4v) is 3.00. The first-order valence-corrected chi connectivity index (χ1v) is 9.17. The van der Waals surface area contributed by atoms with Gasteiger partial charge in [0, 0.05) is 0 Å². The van der Waals surface area contributed by atoms with E-state index in [-0.39, 0.29) is 0 Å². The van der Waals surface area contributed by atoms with Gasteiger partial charge in [0.25, 0.3) is 0 Å².